The Morgan fingerprint density at radius 1 is 1.04 bits per heavy atom. The second kappa shape index (κ2) is 7.23. The molecule has 6 heteroatoms. The lowest BCUT2D eigenvalue weighted by molar-refractivity contribution is -0.118. The predicted octanol–water partition coefficient (Wildman–Crippen LogP) is 3.77. The van der Waals surface area contributed by atoms with E-state index in [9.17, 15) is 4.79 Å². The summed E-state index contributed by atoms with van der Waals surface area (Å²) >= 11 is 0. The van der Waals surface area contributed by atoms with Gasteiger partial charge in [-0.15, -0.1) is 0 Å². The second-order valence-corrected chi connectivity index (χ2v) is 5.87. The third-order valence-electron chi connectivity index (χ3n) is 4.15. The number of hydrogen-bond donors (Lipinski definition) is 1. The van der Waals surface area contributed by atoms with E-state index in [2.05, 4.69) is 15.3 Å². The number of carbonyl (C=O) groups excluding carboxylic acids is 1. The number of benzene rings is 2. The van der Waals surface area contributed by atoms with E-state index in [1.165, 1.54) is 0 Å². The monoisotopic (exact) mass is 347 g/mol. The Balaban J connectivity index is 1.44. The summed E-state index contributed by atoms with van der Waals surface area (Å²) in [6, 6.07) is 16.8. The van der Waals surface area contributed by atoms with Crippen LogP contribution in [-0.4, -0.2) is 22.5 Å². The standard InChI is InChI=1S/C20H17N3O3/c24-19(17-10-13-25-18-5-2-1-4-16(17)18)23-14-6-8-15(9-7-14)26-20-21-11-3-12-22-20/h1-9,11-12,17H,10,13H2,(H,23,24)/t17-/m0/s1. The fourth-order valence-electron chi connectivity index (χ4n) is 2.89. The van der Waals surface area contributed by atoms with Crippen molar-refractivity contribution in [2.75, 3.05) is 11.9 Å². The summed E-state index contributed by atoms with van der Waals surface area (Å²) in [5, 5.41) is 2.96. The number of ether oxygens (including phenoxy) is 2. The minimum atomic E-state index is -0.214. The molecule has 1 N–H and O–H groups in total. The molecular formula is C20H17N3O3. The summed E-state index contributed by atoms with van der Waals surface area (Å²) in [6.45, 7) is 0.541. The number of fused-ring (bicyclic) bond motifs is 1. The van der Waals surface area contributed by atoms with Gasteiger partial charge in [-0.05, 0) is 42.8 Å². The lowest BCUT2D eigenvalue weighted by Crippen LogP contribution is -2.26. The highest BCUT2D eigenvalue weighted by molar-refractivity contribution is 5.96. The van der Waals surface area contributed by atoms with E-state index in [0.29, 0.717) is 24.5 Å². The SMILES string of the molecule is O=C(Nc1ccc(Oc2ncccn2)cc1)[C@H]1CCOc2ccccc21. The van der Waals surface area contributed by atoms with Crippen molar-refractivity contribution >= 4 is 11.6 Å². The Bertz CT molecular complexity index is 898. The molecule has 0 saturated heterocycles. The molecule has 1 amide bonds. The zero-order valence-electron chi connectivity index (χ0n) is 14.0. The Hall–Kier alpha value is -3.41. The number of nitrogens with zero attached hydrogens (tertiary/aromatic N) is 2. The first kappa shape index (κ1) is 16.1. The molecule has 0 bridgehead atoms. The topological polar surface area (TPSA) is 73.3 Å². The van der Waals surface area contributed by atoms with Crippen LogP contribution in [0.2, 0.25) is 0 Å². The summed E-state index contributed by atoms with van der Waals surface area (Å²) in [4.78, 5) is 20.7. The van der Waals surface area contributed by atoms with Gasteiger partial charge in [0.2, 0.25) is 5.91 Å². The molecule has 130 valence electrons. The predicted molar refractivity (Wildman–Crippen MR) is 96.5 cm³/mol. The average molecular weight is 347 g/mol. The molecule has 3 aromatic rings. The van der Waals surface area contributed by atoms with Crippen molar-refractivity contribution in [3.63, 3.8) is 0 Å². The largest absolute Gasteiger partial charge is 0.493 e. The Morgan fingerprint density at radius 2 is 1.81 bits per heavy atom. The molecule has 0 aliphatic carbocycles. The number of aromatic nitrogens is 2. The van der Waals surface area contributed by atoms with E-state index in [1.807, 2.05) is 24.3 Å². The molecule has 0 radical (unpaired) electrons. The van der Waals surface area contributed by atoms with Crippen LogP contribution >= 0.6 is 0 Å². The van der Waals surface area contributed by atoms with Crippen molar-refractivity contribution in [1.82, 2.24) is 9.97 Å². The van der Waals surface area contributed by atoms with Gasteiger partial charge in [-0.25, -0.2) is 9.97 Å². The van der Waals surface area contributed by atoms with E-state index in [0.717, 1.165) is 11.3 Å². The smallest absolute Gasteiger partial charge is 0.321 e. The first-order valence-electron chi connectivity index (χ1n) is 8.37. The van der Waals surface area contributed by atoms with Gasteiger partial charge in [0.05, 0.1) is 12.5 Å². The van der Waals surface area contributed by atoms with Gasteiger partial charge in [0.15, 0.2) is 0 Å². The van der Waals surface area contributed by atoms with Crippen LogP contribution < -0.4 is 14.8 Å². The molecule has 0 spiro atoms. The van der Waals surface area contributed by atoms with Crippen LogP contribution in [0.15, 0.2) is 67.0 Å². The molecule has 1 aromatic heterocycles. The van der Waals surface area contributed by atoms with Crippen LogP contribution in [0.3, 0.4) is 0 Å². The number of para-hydroxylation sites is 1. The molecule has 0 unspecified atom stereocenters. The van der Waals surface area contributed by atoms with Crippen LogP contribution in [0.1, 0.15) is 17.9 Å². The summed E-state index contributed by atoms with van der Waals surface area (Å²) in [5.41, 5.74) is 1.64. The third-order valence-corrected chi connectivity index (χ3v) is 4.15. The Kier molecular flexibility index (Phi) is 4.47. The van der Waals surface area contributed by atoms with Crippen molar-refractivity contribution in [3.05, 3.63) is 72.6 Å². The molecule has 26 heavy (non-hydrogen) atoms. The molecule has 1 aliphatic heterocycles. The molecule has 4 rings (SSSR count). The van der Waals surface area contributed by atoms with Crippen LogP contribution in [-0.2, 0) is 4.79 Å². The van der Waals surface area contributed by atoms with E-state index in [1.54, 1.807) is 42.7 Å². The third kappa shape index (κ3) is 3.49. The van der Waals surface area contributed by atoms with Gasteiger partial charge in [0.25, 0.3) is 0 Å². The quantitative estimate of drug-likeness (QED) is 0.778. The maximum atomic E-state index is 12.7. The van der Waals surface area contributed by atoms with E-state index >= 15 is 0 Å². The van der Waals surface area contributed by atoms with Crippen molar-refractivity contribution in [2.24, 2.45) is 0 Å². The average Bonchev–Trinajstić information content (AvgIpc) is 2.70. The van der Waals surface area contributed by atoms with Crippen molar-refractivity contribution < 1.29 is 14.3 Å². The van der Waals surface area contributed by atoms with Gasteiger partial charge in [0.1, 0.15) is 11.5 Å². The van der Waals surface area contributed by atoms with Crippen LogP contribution in [0.4, 0.5) is 5.69 Å². The maximum absolute atomic E-state index is 12.7. The Morgan fingerprint density at radius 3 is 2.62 bits per heavy atom. The van der Waals surface area contributed by atoms with Gasteiger partial charge in [-0.3, -0.25) is 4.79 Å². The summed E-state index contributed by atoms with van der Waals surface area (Å²) < 4.78 is 11.2. The molecule has 0 saturated carbocycles. The first-order chi connectivity index (χ1) is 12.8. The highest BCUT2D eigenvalue weighted by atomic mass is 16.5. The molecule has 1 aliphatic rings. The minimum Gasteiger partial charge on any atom is -0.493 e. The normalized spacial score (nSPS) is 15.5. The highest BCUT2D eigenvalue weighted by Crippen LogP contribution is 2.34. The lowest BCUT2D eigenvalue weighted by Gasteiger charge is -2.25. The molecular weight excluding hydrogens is 330 g/mol. The number of amides is 1. The molecule has 2 heterocycles. The van der Waals surface area contributed by atoms with Crippen LogP contribution in [0, 0.1) is 0 Å². The highest BCUT2D eigenvalue weighted by Gasteiger charge is 2.27. The van der Waals surface area contributed by atoms with Gasteiger partial charge in [0, 0.05) is 23.6 Å². The van der Waals surface area contributed by atoms with Crippen molar-refractivity contribution in [3.8, 4) is 17.5 Å². The molecule has 6 nitrogen and oxygen atoms in total. The lowest BCUT2D eigenvalue weighted by atomic mass is 9.92. The molecule has 0 fully saturated rings. The molecule has 1 atom stereocenters. The van der Waals surface area contributed by atoms with E-state index in [4.69, 9.17) is 9.47 Å². The summed E-state index contributed by atoms with van der Waals surface area (Å²) in [6.07, 6.45) is 3.89. The minimum absolute atomic E-state index is 0.0409. The van der Waals surface area contributed by atoms with Crippen LogP contribution in [0.25, 0.3) is 0 Å². The van der Waals surface area contributed by atoms with Crippen molar-refractivity contribution in [2.45, 2.75) is 12.3 Å². The van der Waals surface area contributed by atoms with Gasteiger partial charge >= 0.3 is 6.01 Å². The second-order valence-electron chi connectivity index (χ2n) is 5.87. The number of anilines is 1. The maximum Gasteiger partial charge on any atom is 0.321 e. The first-order valence-corrected chi connectivity index (χ1v) is 8.37. The number of carbonyl (C=O) groups is 1. The van der Waals surface area contributed by atoms with Gasteiger partial charge in [-0.1, -0.05) is 18.2 Å². The fourth-order valence-corrected chi connectivity index (χ4v) is 2.89. The van der Waals surface area contributed by atoms with Crippen LogP contribution in [0.5, 0.6) is 17.5 Å². The van der Waals surface area contributed by atoms with E-state index in [-0.39, 0.29) is 17.8 Å². The zero-order valence-corrected chi connectivity index (χ0v) is 14.0. The summed E-state index contributed by atoms with van der Waals surface area (Å²) in [5.74, 6) is 1.13. The van der Waals surface area contributed by atoms with E-state index < -0.39 is 0 Å². The fraction of sp³-hybridized carbons (Fsp3) is 0.150. The number of hydrogen-bond acceptors (Lipinski definition) is 5. The Labute approximate surface area is 150 Å². The zero-order chi connectivity index (χ0) is 17.8. The van der Waals surface area contributed by atoms with Gasteiger partial charge in [-0.2, -0.15) is 0 Å². The number of rotatable bonds is 4. The summed E-state index contributed by atoms with van der Waals surface area (Å²) in [7, 11) is 0. The van der Waals surface area contributed by atoms with Gasteiger partial charge < -0.3 is 14.8 Å². The number of nitrogens with one attached hydrogen (secondary N) is 1. The molecule has 2 aromatic carbocycles. The van der Waals surface area contributed by atoms with Crippen molar-refractivity contribution in [1.29, 1.82) is 0 Å².